The van der Waals surface area contributed by atoms with Crippen LogP contribution >= 0.6 is 0 Å². The Labute approximate surface area is 263 Å². The maximum atomic E-state index is 13.2. The number of aromatic nitrogens is 3. The van der Waals surface area contributed by atoms with Crippen LogP contribution in [0.15, 0.2) is 30.5 Å². The molecule has 240 valence electrons. The van der Waals surface area contributed by atoms with Crippen LogP contribution in [-0.2, 0) is 10.2 Å². The molecule has 1 N–H and O–H groups in total. The van der Waals surface area contributed by atoms with Gasteiger partial charge in [-0.15, -0.1) is 0 Å². The Kier molecular flexibility index (Phi) is 8.83. The number of nitro benzene ring substituents is 1. The van der Waals surface area contributed by atoms with E-state index in [9.17, 15) is 14.9 Å². The number of rotatable bonds is 10. The van der Waals surface area contributed by atoms with E-state index in [-0.39, 0.29) is 28.7 Å². The molecule has 3 aromatic rings. The highest BCUT2D eigenvalue weighted by Gasteiger charge is 2.40. The number of likely N-dealkylation sites (N-methyl/N-ethyl adjacent to an activating group) is 2. The van der Waals surface area contributed by atoms with Gasteiger partial charge in [0.15, 0.2) is 5.82 Å². The molecule has 13 heteroatoms. The maximum Gasteiger partial charge on any atom is 0.343 e. The van der Waals surface area contributed by atoms with Crippen LogP contribution < -0.4 is 19.9 Å². The van der Waals surface area contributed by atoms with Gasteiger partial charge in [-0.05, 0) is 59.3 Å². The summed E-state index contributed by atoms with van der Waals surface area (Å²) in [5.41, 5.74) is 3.21. The summed E-state index contributed by atoms with van der Waals surface area (Å²) in [4.78, 5) is 45.2. The van der Waals surface area contributed by atoms with Crippen molar-refractivity contribution in [3.8, 4) is 5.75 Å². The molecular formula is C32H42N8O5. The zero-order chi connectivity index (χ0) is 32.6. The molecule has 0 saturated carbocycles. The SMILES string of the molecule is COc1cc(N(C)CC2CCCN2C)c([N+](=O)[O-])cc1Nc1ncc(C(=O)OC(C)C)c(N2CC(C)(C)c3nc(C)ccc32)n1. The van der Waals surface area contributed by atoms with Crippen LogP contribution in [0.25, 0.3) is 0 Å². The first-order valence-corrected chi connectivity index (χ1v) is 15.2. The number of hydrogen-bond acceptors (Lipinski definition) is 12. The number of nitrogens with zero attached hydrogens (tertiary/aromatic N) is 7. The normalized spacial score (nSPS) is 17.4. The Morgan fingerprint density at radius 1 is 1.27 bits per heavy atom. The van der Waals surface area contributed by atoms with Crippen LogP contribution in [0, 0.1) is 17.0 Å². The van der Waals surface area contributed by atoms with Gasteiger partial charge in [-0.2, -0.15) is 4.98 Å². The summed E-state index contributed by atoms with van der Waals surface area (Å²) in [6.07, 6.45) is 3.23. The summed E-state index contributed by atoms with van der Waals surface area (Å²) < 4.78 is 11.2. The number of nitrogens with one attached hydrogen (secondary N) is 1. The third kappa shape index (κ3) is 6.48. The quantitative estimate of drug-likeness (QED) is 0.178. The van der Waals surface area contributed by atoms with Gasteiger partial charge in [-0.25, -0.2) is 9.78 Å². The van der Waals surface area contributed by atoms with Crippen molar-refractivity contribution in [1.82, 2.24) is 19.9 Å². The third-order valence-corrected chi connectivity index (χ3v) is 8.39. The van der Waals surface area contributed by atoms with Crippen LogP contribution in [0.4, 0.5) is 34.5 Å². The van der Waals surface area contributed by atoms with Crippen molar-refractivity contribution >= 4 is 40.5 Å². The molecule has 1 aromatic carbocycles. The van der Waals surface area contributed by atoms with Gasteiger partial charge in [0.25, 0.3) is 5.69 Å². The largest absolute Gasteiger partial charge is 0.494 e. The van der Waals surface area contributed by atoms with Crippen LogP contribution in [0.1, 0.15) is 62.3 Å². The number of carbonyl (C=O) groups is 1. The van der Waals surface area contributed by atoms with Crippen molar-refractivity contribution in [2.24, 2.45) is 0 Å². The first-order valence-electron chi connectivity index (χ1n) is 15.2. The lowest BCUT2D eigenvalue weighted by Crippen LogP contribution is -2.36. The van der Waals surface area contributed by atoms with Crippen LogP contribution in [-0.4, -0.2) is 83.7 Å². The van der Waals surface area contributed by atoms with Gasteiger partial charge in [0.2, 0.25) is 5.95 Å². The van der Waals surface area contributed by atoms with E-state index in [1.165, 1.54) is 19.4 Å². The van der Waals surface area contributed by atoms with Gasteiger partial charge in [-0.1, -0.05) is 13.8 Å². The zero-order valence-corrected chi connectivity index (χ0v) is 27.2. The van der Waals surface area contributed by atoms with Crippen molar-refractivity contribution in [2.45, 2.75) is 65.0 Å². The Hall–Kier alpha value is -4.52. The van der Waals surface area contributed by atoms with Gasteiger partial charge >= 0.3 is 5.97 Å². The Balaban J connectivity index is 1.54. The summed E-state index contributed by atoms with van der Waals surface area (Å²) in [5.74, 6) is 0.328. The topological polar surface area (TPSA) is 139 Å². The van der Waals surface area contributed by atoms with Crippen molar-refractivity contribution < 1.29 is 19.2 Å². The Bertz CT molecular complexity index is 1610. The predicted molar refractivity (Wildman–Crippen MR) is 173 cm³/mol. The highest BCUT2D eigenvalue weighted by molar-refractivity contribution is 5.96. The van der Waals surface area contributed by atoms with Crippen molar-refractivity contribution in [3.63, 3.8) is 0 Å². The molecular weight excluding hydrogens is 576 g/mol. The molecule has 2 aliphatic heterocycles. The van der Waals surface area contributed by atoms with E-state index in [1.807, 2.05) is 35.9 Å². The van der Waals surface area contributed by atoms with Crippen molar-refractivity contribution in [2.75, 3.05) is 56.0 Å². The van der Waals surface area contributed by atoms with Gasteiger partial charge in [0.1, 0.15) is 17.0 Å². The Morgan fingerprint density at radius 2 is 2.02 bits per heavy atom. The summed E-state index contributed by atoms with van der Waals surface area (Å²) in [5, 5.41) is 15.4. The van der Waals surface area contributed by atoms with E-state index in [0.717, 1.165) is 36.5 Å². The number of anilines is 5. The molecule has 2 aromatic heterocycles. The lowest BCUT2D eigenvalue weighted by Gasteiger charge is -2.27. The lowest BCUT2D eigenvalue weighted by molar-refractivity contribution is -0.384. The van der Waals surface area contributed by atoms with E-state index in [0.29, 0.717) is 42.1 Å². The summed E-state index contributed by atoms with van der Waals surface area (Å²) >= 11 is 0. The number of nitro groups is 1. The molecule has 1 unspecified atom stereocenters. The van der Waals surface area contributed by atoms with Crippen molar-refractivity contribution in [1.29, 1.82) is 0 Å². The second-order valence-electron chi connectivity index (χ2n) is 12.8. The number of benzene rings is 1. The molecule has 0 aliphatic carbocycles. The minimum Gasteiger partial charge on any atom is -0.494 e. The molecule has 0 amide bonds. The first kappa shape index (κ1) is 31.9. The molecule has 45 heavy (non-hydrogen) atoms. The van der Waals surface area contributed by atoms with E-state index < -0.39 is 10.9 Å². The molecule has 1 fully saturated rings. The van der Waals surface area contributed by atoms with E-state index in [2.05, 4.69) is 36.1 Å². The molecule has 5 rings (SSSR count). The molecule has 4 heterocycles. The Morgan fingerprint density at radius 3 is 2.67 bits per heavy atom. The van der Waals surface area contributed by atoms with Crippen LogP contribution in [0.5, 0.6) is 5.75 Å². The number of ether oxygens (including phenoxy) is 2. The lowest BCUT2D eigenvalue weighted by atomic mass is 9.91. The fourth-order valence-corrected chi connectivity index (χ4v) is 6.09. The van der Waals surface area contributed by atoms with Crippen LogP contribution in [0.3, 0.4) is 0 Å². The zero-order valence-electron chi connectivity index (χ0n) is 27.2. The number of methoxy groups -OCH3 is 1. The second-order valence-corrected chi connectivity index (χ2v) is 12.8. The molecule has 2 aliphatic rings. The van der Waals surface area contributed by atoms with Crippen LogP contribution in [0.2, 0.25) is 0 Å². The summed E-state index contributed by atoms with van der Waals surface area (Å²) in [7, 11) is 5.45. The minimum atomic E-state index is -0.550. The number of hydrogen-bond donors (Lipinski definition) is 1. The number of esters is 1. The minimum absolute atomic E-state index is 0.0736. The maximum absolute atomic E-state index is 13.2. The smallest absolute Gasteiger partial charge is 0.343 e. The van der Waals surface area contributed by atoms with E-state index >= 15 is 0 Å². The molecule has 13 nitrogen and oxygen atoms in total. The van der Waals surface area contributed by atoms with Gasteiger partial charge in [0, 0.05) is 55.6 Å². The second kappa shape index (κ2) is 12.5. The first-order chi connectivity index (χ1) is 21.3. The molecule has 0 bridgehead atoms. The molecule has 1 atom stereocenters. The highest BCUT2D eigenvalue weighted by atomic mass is 16.6. The van der Waals surface area contributed by atoms with E-state index in [4.69, 9.17) is 19.4 Å². The fraction of sp³-hybridized carbons (Fsp3) is 0.500. The van der Waals surface area contributed by atoms with Gasteiger partial charge in [0.05, 0.1) is 35.2 Å². The molecule has 0 spiro atoms. The average molecular weight is 619 g/mol. The number of aryl methyl sites for hydroxylation is 1. The predicted octanol–water partition coefficient (Wildman–Crippen LogP) is 5.37. The highest BCUT2D eigenvalue weighted by Crippen LogP contribution is 2.44. The molecule has 1 saturated heterocycles. The number of pyridine rings is 1. The van der Waals surface area contributed by atoms with Crippen molar-refractivity contribution in [3.05, 3.63) is 57.5 Å². The number of carbonyl (C=O) groups excluding carboxylic acids is 1. The number of fused-ring (bicyclic) bond motifs is 1. The van der Waals surface area contributed by atoms with E-state index in [1.54, 1.807) is 19.9 Å². The van der Waals surface area contributed by atoms with Gasteiger partial charge < -0.3 is 29.5 Å². The summed E-state index contributed by atoms with van der Waals surface area (Å²) in [6.45, 7) is 11.9. The molecule has 0 radical (unpaired) electrons. The monoisotopic (exact) mass is 618 g/mol. The third-order valence-electron chi connectivity index (χ3n) is 8.39. The summed E-state index contributed by atoms with van der Waals surface area (Å²) in [6, 6.07) is 7.31. The fourth-order valence-electron chi connectivity index (χ4n) is 6.09. The average Bonchev–Trinajstić information content (AvgIpc) is 3.50. The van der Waals surface area contributed by atoms with Gasteiger partial charge in [-0.3, -0.25) is 15.1 Å². The standard InChI is InChI=1S/C32H42N8O5/c1-19(2)45-30(41)22-16-33-31(36-29(22)39-18-32(4,5)28-24(39)12-11-20(3)34-28)35-23-14-26(40(42)43)25(15-27(23)44-8)38(7)17-21-10-9-13-37(21)6/h11-12,14-16,19,21H,9-10,13,17-18H2,1-8H3,(H,33,35,36). The number of likely N-dealkylation sites (tertiary alicyclic amines) is 1.